The van der Waals surface area contributed by atoms with Gasteiger partial charge in [0.2, 0.25) is 0 Å². The number of pyridine rings is 1. The first-order valence-corrected chi connectivity index (χ1v) is 6.53. The number of hydrogen-bond donors (Lipinski definition) is 0. The van der Waals surface area contributed by atoms with Crippen molar-refractivity contribution < 1.29 is 13.2 Å². The third-order valence-electron chi connectivity index (χ3n) is 3.33. The summed E-state index contributed by atoms with van der Waals surface area (Å²) in [6, 6.07) is 1.39. The van der Waals surface area contributed by atoms with Crippen LogP contribution in [0.3, 0.4) is 0 Å². The highest BCUT2D eigenvalue weighted by molar-refractivity contribution is 6.17. The van der Waals surface area contributed by atoms with Crippen LogP contribution in [0.2, 0.25) is 0 Å². The van der Waals surface area contributed by atoms with E-state index in [0.29, 0.717) is 18.2 Å². The lowest BCUT2D eigenvalue weighted by Crippen LogP contribution is -2.12. The minimum Gasteiger partial charge on any atom is -0.286 e. The zero-order chi connectivity index (χ0) is 13.6. The molecule has 19 heavy (non-hydrogen) atoms. The fourth-order valence-corrected chi connectivity index (χ4v) is 2.40. The van der Waals surface area contributed by atoms with Crippen LogP contribution in [0.25, 0.3) is 5.65 Å². The summed E-state index contributed by atoms with van der Waals surface area (Å²) >= 11 is 5.58. The van der Waals surface area contributed by atoms with E-state index in [9.17, 15) is 13.2 Å². The number of halogens is 4. The normalized spacial score (nSPS) is 16.2. The molecule has 1 fully saturated rings. The van der Waals surface area contributed by atoms with Gasteiger partial charge in [0.15, 0.2) is 5.65 Å². The quantitative estimate of drug-likeness (QED) is 0.810. The molecule has 0 unspecified atom stereocenters. The second kappa shape index (κ2) is 4.37. The van der Waals surface area contributed by atoms with E-state index in [1.165, 1.54) is 10.5 Å². The van der Waals surface area contributed by atoms with E-state index >= 15 is 0 Å². The second-order valence-electron chi connectivity index (χ2n) is 4.80. The third kappa shape index (κ3) is 2.29. The summed E-state index contributed by atoms with van der Waals surface area (Å²) in [6.45, 7) is 0. The molecule has 3 nitrogen and oxygen atoms in total. The predicted molar refractivity (Wildman–Crippen MR) is 64.0 cm³/mol. The molecule has 0 aromatic carbocycles. The number of rotatable bonds is 3. The molecule has 1 aliphatic rings. The number of hydrogen-bond acceptors (Lipinski definition) is 2. The average Bonchev–Trinajstić information content (AvgIpc) is 3.07. The Morgan fingerprint density at radius 1 is 1.32 bits per heavy atom. The molecule has 0 amide bonds. The van der Waals surface area contributed by atoms with Crippen molar-refractivity contribution in [3.8, 4) is 0 Å². The van der Waals surface area contributed by atoms with E-state index < -0.39 is 11.7 Å². The fraction of sp³-hybridized carbons (Fsp3) is 0.500. The van der Waals surface area contributed by atoms with Gasteiger partial charge in [0, 0.05) is 18.5 Å². The Kier molecular flexibility index (Phi) is 2.92. The Labute approximate surface area is 112 Å². The van der Waals surface area contributed by atoms with Crippen LogP contribution in [-0.2, 0) is 18.5 Å². The van der Waals surface area contributed by atoms with Crippen molar-refractivity contribution in [3.05, 3.63) is 29.2 Å². The van der Waals surface area contributed by atoms with E-state index in [1.807, 2.05) is 0 Å². The van der Waals surface area contributed by atoms with Gasteiger partial charge in [0.05, 0.1) is 0 Å². The number of alkyl halides is 4. The lowest BCUT2D eigenvalue weighted by molar-refractivity contribution is -0.137. The SMILES string of the molecule is FC(F)(F)c1c(CCl)ccn2c(CC3CC3)nnc12. The molecule has 1 aliphatic carbocycles. The molecule has 2 heterocycles. The van der Waals surface area contributed by atoms with Crippen molar-refractivity contribution in [2.75, 3.05) is 0 Å². The summed E-state index contributed by atoms with van der Waals surface area (Å²) in [4.78, 5) is 0. The van der Waals surface area contributed by atoms with Crippen LogP contribution >= 0.6 is 11.6 Å². The maximum Gasteiger partial charge on any atom is 0.420 e. The molecule has 7 heteroatoms. The maximum absolute atomic E-state index is 13.1. The highest BCUT2D eigenvalue weighted by Gasteiger charge is 2.37. The zero-order valence-corrected chi connectivity index (χ0v) is 10.7. The highest BCUT2D eigenvalue weighted by Crippen LogP contribution is 2.36. The highest BCUT2D eigenvalue weighted by atomic mass is 35.5. The van der Waals surface area contributed by atoms with E-state index in [4.69, 9.17) is 11.6 Å². The maximum atomic E-state index is 13.1. The van der Waals surface area contributed by atoms with Crippen LogP contribution in [-0.4, -0.2) is 14.6 Å². The average molecular weight is 290 g/mol. The minimum atomic E-state index is -4.48. The van der Waals surface area contributed by atoms with Crippen LogP contribution in [0.4, 0.5) is 13.2 Å². The molecule has 2 aromatic heterocycles. The van der Waals surface area contributed by atoms with Gasteiger partial charge in [0.1, 0.15) is 11.4 Å². The molecule has 2 aromatic rings. The molecular formula is C12H11ClF3N3. The Morgan fingerprint density at radius 2 is 2.05 bits per heavy atom. The van der Waals surface area contributed by atoms with Crippen LogP contribution in [0.15, 0.2) is 12.3 Å². The van der Waals surface area contributed by atoms with Crippen molar-refractivity contribution >= 4 is 17.2 Å². The Morgan fingerprint density at radius 3 is 2.63 bits per heavy atom. The summed E-state index contributed by atoms with van der Waals surface area (Å²) < 4.78 is 40.8. The molecule has 3 rings (SSSR count). The number of nitrogens with zero attached hydrogens (tertiary/aromatic N) is 3. The lowest BCUT2D eigenvalue weighted by atomic mass is 10.1. The molecule has 1 saturated carbocycles. The summed E-state index contributed by atoms with van der Waals surface area (Å²) in [5.41, 5.74) is -0.895. The van der Waals surface area contributed by atoms with Gasteiger partial charge in [-0.2, -0.15) is 13.2 Å². The zero-order valence-electron chi connectivity index (χ0n) is 9.91. The van der Waals surface area contributed by atoms with Gasteiger partial charge in [-0.3, -0.25) is 4.40 Å². The first kappa shape index (κ1) is 12.7. The minimum absolute atomic E-state index is 0.0343. The Balaban J connectivity index is 2.16. The standard InChI is InChI=1S/C12H11ClF3N3/c13-6-8-3-4-19-9(5-7-1-2-7)17-18-11(19)10(8)12(14,15)16/h3-4,7H,1-2,5-6H2. The summed E-state index contributed by atoms with van der Waals surface area (Å²) in [5.74, 6) is 0.925. The number of fused-ring (bicyclic) bond motifs is 1. The van der Waals surface area contributed by atoms with E-state index in [0.717, 1.165) is 12.8 Å². The van der Waals surface area contributed by atoms with Gasteiger partial charge >= 0.3 is 6.18 Å². The molecule has 102 valence electrons. The molecule has 0 aliphatic heterocycles. The van der Waals surface area contributed by atoms with Crippen molar-refractivity contribution in [1.29, 1.82) is 0 Å². The predicted octanol–water partition coefficient (Wildman–Crippen LogP) is 3.44. The molecule has 0 N–H and O–H groups in total. The van der Waals surface area contributed by atoms with Gasteiger partial charge < -0.3 is 0 Å². The van der Waals surface area contributed by atoms with E-state index in [-0.39, 0.29) is 17.1 Å². The van der Waals surface area contributed by atoms with E-state index in [2.05, 4.69) is 10.2 Å². The molecule has 0 spiro atoms. The van der Waals surface area contributed by atoms with Crippen LogP contribution in [0, 0.1) is 5.92 Å². The van der Waals surface area contributed by atoms with Crippen molar-refractivity contribution in [3.63, 3.8) is 0 Å². The summed E-state index contributed by atoms with van der Waals surface area (Å²) in [6.07, 6.45) is -0.00306. The van der Waals surface area contributed by atoms with Gasteiger partial charge in [0.25, 0.3) is 0 Å². The fourth-order valence-electron chi connectivity index (χ4n) is 2.18. The van der Waals surface area contributed by atoms with Crippen LogP contribution < -0.4 is 0 Å². The van der Waals surface area contributed by atoms with Crippen molar-refractivity contribution in [2.24, 2.45) is 5.92 Å². The smallest absolute Gasteiger partial charge is 0.286 e. The molecular weight excluding hydrogens is 279 g/mol. The number of aromatic nitrogens is 3. The summed E-state index contributed by atoms with van der Waals surface area (Å²) in [5, 5.41) is 7.60. The summed E-state index contributed by atoms with van der Waals surface area (Å²) in [7, 11) is 0. The largest absolute Gasteiger partial charge is 0.420 e. The first-order chi connectivity index (χ1) is 9.00. The van der Waals surface area contributed by atoms with Gasteiger partial charge in [-0.1, -0.05) is 0 Å². The molecule has 0 bridgehead atoms. The Hall–Kier alpha value is -1.30. The van der Waals surface area contributed by atoms with Crippen molar-refractivity contribution in [2.45, 2.75) is 31.3 Å². The first-order valence-electron chi connectivity index (χ1n) is 5.99. The molecule has 0 atom stereocenters. The van der Waals surface area contributed by atoms with Gasteiger partial charge in [-0.05, 0) is 30.4 Å². The lowest BCUT2D eigenvalue weighted by Gasteiger charge is -2.12. The van der Waals surface area contributed by atoms with Gasteiger partial charge in [-0.15, -0.1) is 21.8 Å². The molecule has 0 saturated heterocycles. The topological polar surface area (TPSA) is 30.2 Å². The van der Waals surface area contributed by atoms with Gasteiger partial charge in [-0.25, -0.2) is 0 Å². The monoisotopic (exact) mass is 289 g/mol. The van der Waals surface area contributed by atoms with Crippen LogP contribution in [0.1, 0.15) is 29.8 Å². The van der Waals surface area contributed by atoms with Crippen molar-refractivity contribution in [1.82, 2.24) is 14.6 Å². The molecule has 0 radical (unpaired) electrons. The van der Waals surface area contributed by atoms with E-state index in [1.54, 1.807) is 6.20 Å². The third-order valence-corrected chi connectivity index (χ3v) is 3.62. The second-order valence-corrected chi connectivity index (χ2v) is 5.07. The Bertz CT molecular complexity index is 616. The van der Waals surface area contributed by atoms with Crippen LogP contribution in [0.5, 0.6) is 0 Å².